The zero-order valence-electron chi connectivity index (χ0n) is 12.0. The van der Waals surface area contributed by atoms with Gasteiger partial charge in [-0.2, -0.15) is 0 Å². The summed E-state index contributed by atoms with van der Waals surface area (Å²) < 4.78 is 26.8. The average molecular weight is 265 g/mol. The molecule has 0 radical (unpaired) electrons. The Kier molecular flexibility index (Phi) is 5.65. The van der Waals surface area contributed by atoms with Gasteiger partial charge in [-0.3, -0.25) is 9.05 Å². The van der Waals surface area contributed by atoms with Crippen molar-refractivity contribution in [1.29, 1.82) is 0 Å². The summed E-state index contributed by atoms with van der Waals surface area (Å²) in [4.78, 5) is 3.50. The second kappa shape index (κ2) is 5.85. The van der Waals surface area contributed by atoms with Crippen molar-refractivity contribution in [3.63, 3.8) is 0 Å². The van der Waals surface area contributed by atoms with E-state index in [1.54, 1.807) is 30.6 Å². The van der Waals surface area contributed by atoms with Crippen LogP contribution in [0.15, 0.2) is 4.76 Å². The van der Waals surface area contributed by atoms with Gasteiger partial charge in [0, 0.05) is 35.3 Å². The van der Waals surface area contributed by atoms with Gasteiger partial charge in [0.2, 0.25) is 5.96 Å². The third kappa shape index (κ3) is 6.05. The highest BCUT2D eigenvalue weighted by molar-refractivity contribution is 7.52. The van der Waals surface area contributed by atoms with Crippen LogP contribution in [0.3, 0.4) is 0 Å². The Bertz CT molecular complexity index is 311. The molecule has 0 bridgehead atoms. The van der Waals surface area contributed by atoms with Gasteiger partial charge < -0.3 is 9.80 Å². The number of hydrogen-bond donors (Lipinski definition) is 0. The van der Waals surface area contributed by atoms with Crippen molar-refractivity contribution in [3.8, 4) is 0 Å². The molecule has 0 spiro atoms. The van der Waals surface area contributed by atoms with E-state index in [1.165, 1.54) is 7.11 Å². The molecular weight excluding hydrogens is 241 g/mol. The van der Waals surface area contributed by atoms with Crippen LogP contribution in [0.4, 0.5) is 0 Å². The van der Waals surface area contributed by atoms with E-state index in [2.05, 4.69) is 4.76 Å². The zero-order valence-corrected chi connectivity index (χ0v) is 12.9. The molecule has 0 aliphatic heterocycles. The van der Waals surface area contributed by atoms with Crippen molar-refractivity contribution in [1.82, 2.24) is 9.80 Å². The maximum absolute atomic E-state index is 12.3. The fourth-order valence-electron chi connectivity index (χ4n) is 1.13. The van der Waals surface area contributed by atoms with Crippen LogP contribution >= 0.6 is 7.75 Å². The monoisotopic (exact) mass is 265 g/mol. The van der Waals surface area contributed by atoms with Gasteiger partial charge in [0.25, 0.3) is 0 Å². The van der Waals surface area contributed by atoms with Gasteiger partial charge in [0.05, 0.1) is 5.60 Å². The summed E-state index contributed by atoms with van der Waals surface area (Å²) in [7, 11) is 5.11. The van der Waals surface area contributed by atoms with Crippen molar-refractivity contribution in [2.45, 2.75) is 26.4 Å². The summed E-state index contributed by atoms with van der Waals surface area (Å²) in [6.45, 7) is 5.41. The lowest BCUT2D eigenvalue weighted by Crippen LogP contribution is -2.35. The molecule has 1 unspecified atom stereocenters. The summed E-state index contributed by atoms with van der Waals surface area (Å²) in [6, 6.07) is 0. The lowest BCUT2D eigenvalue weighted by Gasteiger charge is -2.27. The SMILES string of the molecule is COP(=O)(N=C(N(C)C)N(C)C)OC(C)(C)C. The minimum Gasteiger partial charge on any atom is -0.349 e. The van der Waals surface area contributed by atoms with Crippen LogP contribution < -0.4 is 0 Å². The second-order valence-electron chi connectivity index (χ2n) is 5.04. The van der Waals surface area contributed by atoms with Gasteiger partial charge in [-0.15, -0.1) is 4.76 Å². The topological polar surface area (TPSA) is 54.4 Å². The van der Waals surface area contributed by atoms with Crippen LogP contribution in [-0.2, 0) is 13.6 Å². The Morgan fingerprint density at radius 1 is 1.12 bits per heavy atom. The molecule has 1 atom stereocenters. The molecule has 102 valence electrons. The molecule has 0 N–H and O–H groups in total. The first-order valence-electron chi connectivity index (χ1n) is 5.32. The highest BCUT2D eigenvalue weighted by Crippen LogP contribution is 2.52. The predicted octanol–water partition coefficient (Wildman–Crippen LogP) is 2.04. The van der Waals surface area contributed by atoms with Crippen molar-refractivity contribution in [2.24, 2.45) is 4.76 Å². The second-order valence-corrected chi connectivity index (χ2v) is 6.73. The lowest BCUT2D eigenvalue weighted by atomic mass is 10.2. The van der Waals surface area contributed by atoms with E-state index in [-0.39, 0.29) is 0 Å². The Balaban J connectivity index is 5.24. The first-order chi connectivity index (χ1) is 7.51. The molecule has 0 saturated heterocycles. The van der Waals surface area contributed by atoms with E-state index in [0.29, 0.717) is 5.96 Å². The summed E-state index contributed by atoms with van der Waals surface area (Å²) in [5, 5.41) is 0. The third-order valence-corrected chi connectivity index (χ3v) is 3.30. The van der Waals surface area contributed by atoms with E-state index in [0.717, 1.165) is 0 Å². The quantitative estimate of drug-likeness (QED) is 0.444. The molecule has 0 heterocycles. The zero-order chi connectivity index (χ0) is 13.9. The Morgan fingerprint density at radius 3 is 1.76 bits per heavy atom. The predicted molar refractivity (Wildman–Crippen MR) is 70.3 cm³/mol. The number of rotatable bonds is 3. The average Bonchev–Trinajstić information content (AvgIpc) is 2.10. The Hall–Kier alpha value is -0.580. The molecule has 0 fully saturated rings. The van der Waals surface area contributed by atoms with E-state index in [9.17, 15) is 4.57 Å². The van der Waals surface area contributed by atoms with Crippen molar-refractivity contribution >= 4 is 13.7 Å². The molecule has 7 heteroatoms. The Labute approximate surface area is 104 Å². The van der Waals surface area contributed by atoms with E-state index >= 15 is 0 Å². The standard InChI is InChI=1S/C10H24N3O3P/c1-10(2,3)16-17(14,15-8)11-9(12(4)5)13(6)7/h1-8H3. The van der Waals surface area contributed by atoms with Gasteiger partial charge in [-0.05, 0) is 20.8 Å². The van der Waals surface area contributed by atoms with Crippen molar-refractivity contribution in [3.05, 3.63) is 0 Å². The molecule has 0 rings (SSSR count). The molecule has 0 aromatic carbocycles. The van der Waals surface area contributed by atoms with Gasteiger partial charge in [0.1, 0.15) is 0 Å². The van der Waals surface area contributed by atoms with Crippen LogP contribution in [0.5, 0.6) is 0 Å². The lowest BCUT2D eigenvalue weighted by molar-refractivity contribution is 0.103. The first-order valence-corrected chi connectivity index (χ1v) is 6.82. The smallest absolute Gasteiger partial charge is 0.349 e. The van der Waals surface area contributed by atoms with E-state index < -0.39 is 13.3 Å². The van der Waals surface area contributed by atoms with Gasteiger partial charge in [0.15, 0.2) is 0 Å². The molecule has 6 nitrogen and oxygen atoms in total. The summed E-state index contributed by atoms with van der Waals surface area (Å²) in [5.74, 6) is 0.527. The molecule has 17 heavy (non-hydrogen) atoms. The highest BCUT2D eigenvalue weighted by Gasteiger charge is 2.31. The van der Waals surface area contributed by atoms with Crippen LogP contribution in [0.2, 0.25) is 0 Å². The number of nitrogens with zero attached hydrogens (tertiary/aromatic N) is 3. The van der Waals surface area contributed by atoms with Crippen LogP contribution in [0.1, 0.15) is 20.8 Å². The van der Waals surface area contributed by atoms with Crippen LogP contribution in [0, 0.1) is 0 Å². The summed E-state index contributed by atoms with van der Waals surface area (Å²) in [6.07, 6.45) is 0. The molecule has 0 saturated carbocycles. The van der Waals surface area contributed by atoms with Gasteiger partial charge >= 0.3 is 7.75 Å². The number of hydrogen-bond acceptors (Lipinski definition) is 3. The van der Waals surface area contributed by atoms with Gasteiger partial charge in [-0.25, -0.2) is 4.57 Å². The largest absolute Gasteiger partial charge is 0.457 e. The molecule has 0 aromatic heterocycles. The molecule has 0 aliphatic carbocycles. The normalized spacial score (nSPS) is 15.1. The maximum Gasteiger partial charge on any atom is 0.457 e. The third-order valence-electron chi connectivity index (χ3n) is 1.63. The van der Waals surface area contributed by atoms with Crippen LogP contribution in [-0.4, -0.2) is 56.7 Å². The first kappa shape index (κ1) is 16.4. The fourth-order valence-corrected chi connectivity index (χ4v) is 2.60. The Morgan fingerprint density at radius 2 is 1.53 bits per heavy atom. The molecule has 0 aliphatic rings. The molecule has 0 aromatic rings. The maximum atomic E-state index is 12.3. The minimum atomic E-state index is -3.48. The molecular formula is C10H24N3O3P. The fraction of sp³-hybridized carbons (Fsp3) is 0.900. The minimum absolute atomic E-state index is 0.527. The molecule has 0 amide bonds. The van der Waals surface area contributed by atoms with E-state index in [4.69, 9.17) is 9.05 Å². The van der Waals surface area contributed by atoms with Gasteiger partial charge in [-0.1, -0.05) is 0 Å². The highest BCUT2D eigenvalue weighted by atomic mass is 31.2. The van der Waals surface area contributed by atoms with Crippen molar-refractivity contribution < 1.29 is 13.6 Å². The van der Waals surface area contributed by atoms with E-state index in [1.807, 2.05) is 28.2 Å². The summed E-state index contributed by atoms with van der Waals surface area (Å²) >= 11 is 0. The number of guanidine groups is 1. The van der Waals surface area contributed by atoms with Crippen LogP contribution in [0.25, 0.3) is 0 Å². The summed E-state index contributed by atoms with van der Waals surface area (Å²) in [5.41, 5.74) is -0.585. The van der Waals surface area contributed by atoms with Crippen molar-refractivity contribution in [2.75, 3.05) is 35.3 Å².